The van der Waals surface area contributed by atoms with Gasteiger partial charge in [-0.05, 0) is 49.7 Å². The highest BCUT2D eigenvalue weighted by atomic mass is 19.1. The fourth-order valence-corrected chi connectivity index (χ4v) is 3.49. The van der Waals surface area contributed by atoms with Crippen LogP contribution in [0.1, 0.15) is 37.7 Å². The number of piperidine rings is 1. The van der Waals surface area contributed by atoms with Gasteiger partial charge < -0.3 is 4.90 Å². The average Bonchev–Trinajstić information content (AvgIpc) is 3.15. The summed E-state index contributed by atoms with van der Waals surface area (Å²) >= 11 is 0. The van der Waals surface area contributed by atoms with Crippen molar-refractivity contribution in [2.24, 2.45) is 5.92 Å². The van der Waals surface area contributed by atoms with Gasteiger partial charge in [-0.25, -0.2) is 9.37 Å². The molecule has 25 heavy (non-hydrogen) atoms. The van der Waals surface area contributed by atoms with E-state index in [1.807, 2.05) is 17.0 Å². The number of benzene rings is 1. The van der Waals surface area contributed by atoms with Gasteiger partial charge in [-0.15, -0.1) is 0 Å². The van der Waals surface area contributed by atoms with E-state index < -0.39 is 0 Å². The van der Waals surface area contributed by atoms with E-state index >= 15 is 0 Å². The maximum Gasteiger partial charge on any atom is 0.222 e. The van der Waals surface area contributed by atoms with Gasteiger partial charge in [-0.3, -0.25) is 9.48 Å². The number of rotatable bonds is 7. The van der Waals surface area contributed by atoms with Gasteiger partial charge in [-0.2, -0.15) is 5.10 Å². The number of aromatic nitrogens is 3. The fraction of sp³-hybridized carbons (Fsp3) is 0.526. The van der Waals surface area contributed by atoms with Crippen LogP contribution in [-0.2, 0) is 17.8 Å². The summed E-state index contributed by atoms with van der Waals surface area (Å²) in [5.41, 5.74) is 0.777. The predicted molar refractivity (Wildman–Crippen MR) is 93.3 cm³/mol. The number of likely N-dealkylation sites (tertiary alicyclic amines) is 1. The lowest BCUT2D eigenvalue weighted by Gasteiger charge is -2.33. The van der Waals surface area contributed by atoms with E-state index in [0.717, 1.165) is 57.3 Å². The summed E-state index contributed by atoms with van der Waals surface area (Å²) in [6, 6.07) is 6.97. The molecule has 1 saturated heterocycles. The fourth-order valence-electron chi connectivity index (χ4n) is 3.49. The molecule has 1 aliphatic heterocycles. The molecule has 5 nitrogen and oxygen atoms in total. The second-order valence-corrected chi connectivity index (χ2v) is 6.74. The normalized spacial score (nSPS) is 17.6. The second-order valence-electron chi connectivity index (χ2n) is 6.74. The first-order valence-corrected chi connectivity index (χ1v) is 9.06. The molecule has 3 rings (SSSR count). The van der Waals surface area contributed by atoms with Crippen molar-refractivity contribution in [3.63, 3.8) is 0 Å². The van der Waals surface area contributed by atoms with Gasteiger partial charge >= 0.3 is 0 Å². The number of hydrogen-bond donors (Lipinski definition) is 0. The van der Waals surface area contributed by atoms with Crippen LogP contribution in [0, 0.1) is 11.7 Å². The third kappa shape index (κ3) is 5.11. The van der Waals surface area contributed by atoms with E-state index in [4.69, 9.17) is 0 Å². The van der Waals surface area contributed by atoms with Crippen molar-refractivity contribution in [1.82, 2.24) is 19.7 Å². The Balaban J connectivity index is 1.42. The lowest BCUT2D eigenvalue weighted by molar-refractivity contribution is -0.133. The Hall–Kier alpha value is -2.24. The van der Waals surface area contributed by atoms with Gasteiger partial charge in [-0.1, -0.05) is 18.2 Å². The molecule has 1 aromatic carbocycles. The molecule has 0 unspecified atom stereocenters. The van der Waals surface area contributed by atoms with Crippen molar-refractivity contribution in [3.05, 3.63) is 48.3 Å². The molecule has 1 amide bonds. The molecule has 0 N–H and O–H groups in total. The smallest absolute Gasteiger partial charge is 0.222 e. The summed E-state index contributed by atoms with van der Waals surface area (Å²) in [4.78, 5) is 18.3. The molecule has 0 spiro atoms. The number of aryl methyl sites for hydroxylation is 2. The van der Waals surface area contributed by atoms with Crippen molar-refractivity contribution in [2.45, 2.75) is 45.1 Å². The summed E-state index contributed by atoms with van der Waals surface area (Å²) in [6.07, 6.45) is 8.33. The van der Waals surface area contributed by atoms with Gasteiger partial charge in [0.2, 0.25) is 5.91 Å². The van der Waals surface area contributed by atoms with Crippen LogP contribution in [0.15, 0.2) is 36.9 Å². The van der Waals surface area contributed by atoms with E-state index in [2.05, 4.69) is 10.1 Å². The Morgan fingerprint density at radius 2 is 2.20 bits per heavy atom. The van der Waals surface area contributed by atoms with Gasteiger partial charge in [0.15, 0.2) is 0 Å². The second kappa shape index (κ2) is 8.74. The Labute approximate surface area is 147 Å². The highest BCUT2D eigenvalue weighted by Gasteiger charge is 2.23. The first-order valence-electron chi connectivity index (χ1n) is 9.06. The topological polar surface area (TPSA) is 51.0 Å². The van der Waals surface area contributed by atoms with E-state index in [0.29, 0.717) is 12.3 Å². The zero-order valence-electron chi connectivity index (χ0n) is 14.5. The molecule has 134 valence electrons. The first kappa shape index (κ1) is 17.6. The standard InChI is InChI=1S/C19H25FN4O/c20-18-7-2-1-6-17(18)10-9-16-5-3-11-23(13-16)19(25)8-4-12-24-15-21-14-22-24/h1-2,6-7,14-16H,3-5,8-13H2/t16-/m0/s1. The van der Waals surface area contributed by atoms with Crippen LogP contribution < -0.4 is 0 Å². The molecular formula is C19H25FN4O. The lowest BCUT2D eigenvalue weighted by Crippen LogP contribution is -2.40. The molecule has 0 bridgehead atoms. The molecule has 0 saturated carbocycles. The van der Waals surface area contributed by atoms with Crippen LogP contribution in [0.4, 0.5) is 4.39 Å². The number of carbonyl (C=O) groups excluding carboxylic acids is 1. The predicted octanol–water partition coefficient (Wildman–Crippen LogP) is 3.07. The highest BCUT2D eigenvalue weighted by Crippen LogP contribution is 2.23. The maximum absolute atomic E-state index is 13.7. The van der Waals surface area contributed by atoms with Crippen molar-refractivity contribution >= 4 is 5.91 Å². The van der Waals surface area contributed by atoms with Gasteiger partial charge in [0.25, 0.3) is 0 Å². The number of carbonyl (C=O) groups is 1. The third-order valence-electron chi connectivity index (χ3n) is 4.90. The summed E-state index contributed by atoms with van der Waals surface area (Å²) < 4.78 is 15.5. The Morgan fingerprint density at radius 3 is 3.00 bits per heavy atom. The van der Waals surface area contributed by atoms with Crippen molar-refractivity contribution in [2.75, 3.05) is 13.1 Å². The van der Waals surface area contributed by atoms with Crippen molar-refractivity contribution in [3.8, 4) is 0 Å². The first-order chi connectivity index (χ1) is 12.2. The molecule has 1 fully saturated rings. The molecule has 2 aromatic rings. The third-order valence-corrected chi connectivity index (χ3v) is 4.90. The SMILES string of the molecule is O=C(CCCn1cncn1)N1CCC[C@@H](CCc2ccccc2F)C1. The summed E-state index contributed by atoms with van der Waals surface area (Å²) in [5, 5.41) is 4.05. The van der Waals surface area contributed by atoms with E-state index in [1.54, 1.807) is 17.1 Å². The summed E-state index contributed by atoms with van der Waals surface area (Å²) in [7, 11) is 0. The molecule has 1 atom stereocenters. The van der Waals surface area contributed by atoms with Crippen molar-refractivity contribution in [1.29, 1.82) is 0 Å². The maximum atomic E-state index is 13.7. The minimum Gasteiger partial charge on any atom is -0.342 e. The molecule has 1 aromatic heterocycles. The lowest BCUT2D eigenvalue weighted by atomic mass is 9.91. The van der Waals surface area contributed by atoms with Gasteiger partial charge in [0.1, 0.15) is 18.5 Å². The Kier molecular flexibility index (Phi) is 6.14. The Morgan fingerprint density at radius 1 is 1.32 bits per heavy atom. The highest BCUT2D eigenvalue weighted by molar-refractivity contribution is 5.76. The number of hydrogen-bond acceptors (Lipinski definition) is 3. The summed E-state index contributed by atoms with van der Waals surface area (Å²) in [6.45, 7) is 2.37. The quantitative estimate of drug-likeness (QED) is 0.776. The van der Waals surface area contributed by atoms with Crippen LogP contribution in [0.2, 0.25) is 0 Å². The van der Waals surface area contributed by atoms with E-state index in [-0.39, 0.29) is 11.7 Å². The van der Waals surface area contributed by atoms with E-state index in [1.165, 1.54) is 12.4 Å². The zero-order valence-corrected chi connectivity index (χ0v) is 14.5. The molecule has 2 heterocycles. The molecule has 1 aliphatic rings. The molecule has 6 heteroatoms. The van der Waals surface area contributed by atoms with Crippen LogP contribution in [-0.4, -0.2) is 38.7 Å². The number of halogens is 1. The van der Waals surface area contributed by atoms with Gasteiger partial charge in [0, 0.05) is 26.1 Å². The van der Waals surface area contributed by atoms with Crippen LogP contribution in [0.3, 0.4) is 0 Å². The van der Waals surface area contributed by atoms with Gasteiger partial charge in [0.05, 0.1) is 0 Å². The number of nitrogens with zero attached hydrogens (tertiary/aromatic N) is 4. The minimum absolute atomic E-state index is 0.126. The Bertz CT molecular complexity index is 674. The van der Waals surface area contributed by atoms with E-state index in [9.17, 15) is 9.18 Å². The zero-order chi connectivity index (χ0) is 17.5. The van der Waals surface area contributed by atoms with Crippen LogP contribution in [0.5, 0.6) is 0 Å². The number of amides is 1. The molecular weight excluding hydrogens is 319 g/mol. The average molecular weight is 344 g/mol. The molecule has 0 radical (unpaired) electrons. The monoisotopic (exact) mass is 344 g/mol. The summed E-state index contributed by atoms with van der Waals surface area (Å²) in [5.74, 6) is 0.558. The minimum atomic E-state index is -0.126. The van der Waals surface area contributed by atoms with Crippen LogP contribution in [0.25, 0.3) is 0 Å². The molecule has 0 aliphatic carbocycles. The largest absolute Gasteiger partial charge is 0.342 e. The van der Waals surface area contributed by atoms with Crippen molar-refractivity contribution < 1.29 is 9.18 Å². The van der Waals surface area contributed by atoms with Crippen LogP contribution >= 0.6 is 0 Å².